The molecular weight excluding hydrogens is 272 g/mol. The fraction of sp³-hybridized carbons (Fsp3) is 0.533. The van der Waals surface area contributed by atoms with E-state index in [1.807, 2.05) is 24.3 Å². The van der Waals surface area contributed by atoms with Gasteiger partial charge >= 0.3 is 6.03 Å². The maximum absolute atomic E-state index is 11.6. The maximum atomic E-state index is 11.6. The molecule has 21 heavy (non-hydrogen) atoms. The molecule has 1 rings (SSSR count). The van der Waals surface area contributed by atoms with E-state index in [2.05, 4.69) is 10.6 Å². The number of urea groups is 1. The fourth-order valence-electron chi connectivity index (χ4n) is 1.81. The average Bonchev–Trinajstić information content (AvgIpc) is 2.46. The van der Waals surface area contributed by atoms with E-state index in [9.17, 15) is 9.90 Å². The Hall–Kier alpha value is -1.79. The third-order valence-electron chi connectivity index (χ3n) is 2.94. The van der Waals surface area contributed by atoms with E-state index in [0.29, 0.717) is 6.54 Å². The van der Waals surface area contributed by atoms with Gasteiger partial charge in [-0.25, -0.2) is 4.79 Å². The number of aliphatic hydroxyl groups is 1. The summed E-state index contributed by atoms with van der Waals surface area (Å²) in [6.07, 6.45) is 0.728. The molecule has 0 heterocycles. The quantitative estimate of drug-likeness (QED) is 0.667. The summed E-state index contributed by atoms with van der Waals surface area (Å²) in [4.78, 5) is 11.6. The van der Waals surface area contributed by atoms with Crippen LogP contribution in [0, 0.1) is 0 Å². The number of hydrogen-bond donors (Lipinski definition) is 3. The molecule has 0 saturated carbocycles. The molecule has 0 aromatic heterocycles. The van der Waals surface area contributed by atoms with Gasteiger partial charge in [0.05, 0.1) is 20.3 Å². The highest BCUT2D eigenvalue weighted by Gasteiger charge is 2.20. The molecule has 0 saturated heterocycles. The van der Waals surface area contributed by atoms with Gasteiger partial charge in [-0.15, -0.1) is 0 Å². The predicted octanol–water partition coefficient (Wildman–Crippen LogP) is 0.934. The van der Waals surface area contributed by atoms with Crippen molar-refractivity contribution in [3.63, 3.8) is 0 Å². The summed E-state index contributed by atoms with van der Waals surface area (Å²) in [6.45, 7) is 2.42. The molecule has 0 radical (unpaired) electrons. The van der Waals surface area contributed by atoms with Crippen molar-refractivity contribution in [2.24, 2.45) is 0 Å². The lowest BCUT2D eigenvalue weighted by Crippen LogP contribution is -2.47. The average molecular weight is 296 g/mol. The highest BCUT2D eigenvalue weighted by molar-refractivity contribution is 5.73. The van der Waals surface area contributed by atoms with Crippen molar-refractivity contribution in [2.45, 2.75) is 18.9 Å². The Morgan fingerprint density at radius 1 is 1.24 bits per heavy atom. The molecule has 1 atom stereocenters. The van der Waals surface area contributed by atoms with Crippen LogP contribution >= 0.6 is 0 Å². The van der Waals surface area contributed by atoms with Crippen LogP contribution in [0.3, 0.4) is 0 Å². The standard InChI is InChI=1S/C15H24N2O4/c1-15(19,11-20-2)10-17-14(18)16-9-8-12-4-6-13(21-3)7-5-12/h4-7,19H,8-11H2,1-3H3,(H2,16,17,18)/t15-/m1/s1. The van der Waals surface area contributed by atoms with Crippen LogP contribution in [0.4, 0.5) is 4.79 Å². The third-order valence-corrected chi connectivity index (χ3v) is 2.94. The van der Waals surface area contributed by atoms with Crippen molar-refractivity contribution in [1.82, 2.24) is 10.6 Å². The SMILES string of the molecule is COC[C@](C)(O)CNC(=O)NCCc1ccc(OC)cc1. The third kappa shape index (κ3) is 6.97. The Balaban J connectivity index is 2.23. The summed E-state index contributed by atoms with van der Waals surface area (Å²) in [7, 11) is 3.13. The van der Waals surface area contributed by atoms with Crippen molar-refractivity contribution < 1.29 is 19.4 Å². The second kappa shape index (κ2) is 8.49. The number of hydrogen-bond acceptors (Lipinski definition) is 4. The van der Waals surface area contributed by atoms with E-state index in [-0.39, 0.29) is 19.2 Å². The smallest absolute Gasteiger partial charge is 0.314 e. The minimum Gasteiger partial charge on any atom is -0.497 e. The van der Waals surface area contributed by atoms with Crippen LogP contribution < -0.4 is 15.4 Å². The van der Waals surface area contributed by atoms with E-state index >= 15 is 0 Å². The van der Waals surface area contributed by atoms with Crippen molar-refractivity contribution in [3.05, 3.63) is 29.8 Å². The van der Waals surface area contributed by atoms with E-state index in [1.165, 1.54) is 7.11 Å². The first kappa shape index (κ1) is 17.3. The predicted molar refractivity (Wildman–Crippen MR) is 80.6 cm³/mol. The second-order valence-corrected chi connectivity index (χ2v) is 5.14. The fourth-order valence-corrected chi connectivity index (χ4v) is 1.81. The molecule has 1 aromatic rings. The van der Waals surface area contributed by atoms with Crippen LogP contribution in [0.2, 0.25) is 0 Å². The molecule has 0 aliphatic rings. The van der Waals surface area contributed by atoms with Gasteiger partial charge < -0.3 is 25.2 Å². The summed E-state index contributed by atoms with van der Waals surface area (Å²) in [5, 5.41) is 15.2. The van der Waals surface area contributed by atoms with Gasteiger partial charge in [0, 0.05) is 13.7 Å². The van der Waals surface area contributed by atoms with Crippen LogP contribution in [0.1, 0.15) is 12.5 Å². The molecule has 0 aliphatic heterocycles. The summed E-state index contributed by atoms with van der Waals surface area (Å²) in [5.74, 6) is 0.810. The van der Waals surface area contributed by atoms with E-state index in [4.69, 9.17) is 9.47 Å². The maximum Gasteiger partial charge on any atom is 0.314 e. The van der Waals surface area contributed by atoms with Gasteiger partial charge in [-0.2, -0.15) is 0 Å². The number of rotatable bonds is 8. The summed E-state index contributed by atoms with van der Waals surface area (Å²) in [6, 6.07) is 7.39. The highest BCUT2D eigenvalue weighted by Crippen LogP contribution is 2.11. The number of ether oxygens (including phenoxy) is 2. The van der Waals surface area contributed by atoms with E-state index in [1.54, 1.807) is 14.0 Å². The molecule has 0 fully saturated rings. The molecule has 0 bridgehead atoms. The van der Waals surface area contributed by atoms with E-state index in [0.717, 1.165) is 17.7 Å². The van der Waals surface area contributed by atoms with Crippen molar-refractivity contribution in [1.29, 1.82) is 0 Å². The van der Waals surface area contributed by atoms with E-state index < -0.39 is 5.60 Å². The van der Waals surface area contributed by atoms with Gasteiger partial charge in [0.2, 0.25) is 0 Å². The zero-order valence-electron chi connectivity index (χ0n) is 12.8. The lowest BCUT2D eigenvalue weighted by atomic mass is 10.1. The molecular formula is C15H24N2O4. The Labute approximate surface area is 125 Å². The number of nitrogens with one attached hydrogen (secondary N) is 2. The van der Waals surface area contributed by atoms with Gasteiger partial charge in [-0.3, -0.25) is 0 Å². The Bertz CT molecular complexity index is 432. The first-order valence-electron chi connectivity index (χ1n) is 6.83. The number of carbonyl (C=O) groups excluding carboxylic acids is 1. The van der Waals surface area contributed by atoms with Crippen LogP contribution in [0.15, 0.2) is 24.3 Å². The minimum atomic E-state index is -1.07. The zero-order valence-corrected chi connectivity index (χ0v) is 12.8. The first-order chi connectivity index (χ1) is 9.96. The zero-order chi connectivity index (χ0) is 15.7. The van der Waals surface area contributed by atoms with Crippen LogP contribution in [-0.4, -0.2) is 50.7 Å². The number of benzene rings is 1. The molecule has 0 unspecified atom stereocenters. The lowest BCUT2D eigenvalue weighted by Gasteiger charge is -2.22. The van der Waals surface area contributed by atoms with Gasteiger partial charge in [0.1, 0.15) is 11.4 Å². The van der Waals surface area contributed by atoms with Gasteiger partial charge in [-0.05, 0) is 31.0 Å². The second-order valence-electron chi connectivity index (χ2n) is 5.14. The normalized spacial score (nSPS) is 13.3. The highest BCUT2D eigenvalue weighted by atomic mass is 16.5. The van der Waals surface area contributed by atoms with Crippen LogP contribution in [-0.2, 0) is 11.2 Å². The van der Waals surface area contributed by atoms with Crippen molar-refractivity contribution in [3.8, 4) is 5.75 Å². The topological polar surface area (TPSA) is 79.8 Å². The number of amides is 2. The number of methoxy groups -OCH3 is 2. The summed E-state index contributed by atoms with van der Waals surface area (Å²) < 4.78 is 9.95. The Morgan fingerprint density at radius 3 is 2.48 bits per heavy atom. The molecule has 6 nitrogen and oxygen atoms in total. The molecule has 0 aliphatic carbocycles. The van der Waals surface area contributed by atoms with Gasteiger partial charge in [-0.1, -0.05) is 12.1 Å². The molecule has 2 amide bonds. The van der Waals surface area contributed by atoms with Crippen molar-refractivity contribution >= 4 is 6.03 Å². The lowest BCUT2D eigenvalue weighted by molar-refractivity contribution is -0.0136. The molecule has 1 aromatic carbocycles. The monoisotopic (exact) mass is 296 g/mol. The van der Waals surface area contributed by atoms with Gasteiger partial charge in [0.25, 0.3) is 0 Å². The molecule has 3 N–H and O–H groups in total. The van der Waals surface area contributed by atoms with Gasteiger partial charge in [0.15, 0.2) is 0 Å². The van der Waals surface area contributed by atoms with Crippen LogP contribution in [0.5, 0.6) is 5.75 Å². The van der Waals surface area contributed by atoms with Crippen LogP contribution in [0.25, 0.3) is 0 Å². The summed E-state index contributed by atoms with van der Waals surface area (Å²) in [5.41, 5.74) is 0.0460. The largest absolute Gasteiger partial charge is 0.497 e. The molecule has 6 heteroatoms. The molecule has 118 valence electrons. The minimum absolute atomic E-state index is 0.134. The summed E-state index contributed by atoms with van der Waals surface area (Å²) >= 11 is 0. The molecule has 0 spiro atoms. The first-order valence-corrected chi connectivity index (χ1v) is 6.83. The Kier molecular flexibility index (Phi) is 6.98. The Morgan fingerprint density at radius 2 is 1.90 bits per heavy atom. The van der Waals surface area contributed by atoms with Crippen molar-refractivity contribution in [2.75, 3.05) is 33.9 Å². The number of carbonyl (C=O) groups is 1.